The minimum absolute atomic E-state index is 0.0255. The highest BCUT2D eigenvalue weighted by Crippen LogP contribution is 2.65. The fourth-order valence-corrected chi connectivity index (χ4v) is 7.77. The molecule has 1 heterocycles. The van der Waals surface area contributed by atoms with E-state index in [0.717, 1.165) is 64.2 Å². The molecule has 0 aromatic heterocycles. The van der Waals surface area contributed by atoms with Gasteiger partial charge < -0.3 is 26.0 Å². The fourth-order valence-electron chi connectivity index (χ4n) is 7.77. The Morgan fingerprint density at radius 1 is 0.950 bits per heavy atom. The molecule has 4 saturated carbocycles. The van der Waals surface area contributed by atoms with Crippen LogP contribution < -0.4 is 16.4 Å². The molecule has 4 amide bonds. The number of amides is 4. The highest BCUT2D eigenvalue weighted by atomic mass is 16.6. The zero-order valence-electron chi connectivity index (χ0n) is 24.2. The van der Waals surface area contributed by atoms with Crippen LogP contribution in [-0.2, 0) is 23.9 Å². The normalized spacial score (nSPS) is 32.5. The van der Waals surface area contributed by atoms with Crippen molar-refractivity contribution in [2.75, 3.05) is 6.54 Å². The van der Waals surface area contributed by atoms with Crippen molar-refractivity contribution < 1.29 is 28.7 Å². The van der Waals surface area contributed by atoms with Gasteiger partial charge in [-0.3, -0.25) is 19.2 Å². The van der Waals surface area contributed by atoms with E-state index in [1.165, 1.54) is 0 Å². The van der Waals surface area contributed by atoms with E-state index < -0.39 is 41.8 Å². The number of carbonyl (C=O) groups is 5. The van der Waals surface area contributed by atoms with Crippen molar-refractivity contribution in [2.45, 2.75) is 116 Å². The molecule has 1 aliphatic heterocycles. The van der Waals surface area contributed by atoms with Gasteiger partial charge in [0.15, 0.2) is 0 Å². The van der Waals surface area contributed by atoms with E-state index >= 15 is 0 Å². The van der Waals surface area contributed by atoms with Gasteiger partial charge in [0.25, 0.3) is 5.91 Å². The van der Waals surface area contributed by atoms with Crippen LogP contribution in [0.3, 0.4) is 0 Å². The summed E-state index contributed by atoms with van der Waals surface area (Å²) in [5, 5.41) is 5.74. The number of nitrogens with one attached hydrogen (secondary N) is 2. The van der Waals surface area contributed by atoms with Gasteiger partial charge in [-0.05, 0) is 73.5 Å². The molecule has 10 heteroatoms. The summed E-state index contributed by atoms with van der Waals surface area (Å²) in [6.07, 6.45) is 9.19. The Morgan fingerprint density at radius 2 is 1.65 bits per heavy atom. The lowest BCUT2D eigenvalue weighted by atomic mass is 9.83. The monoisotopic (exact) mass is 558 g/mol. The van der Waals surface area contributed by atoms with E-state index in [9.17, 15) is 24.0 Å². The molecule has 0 bridgehead atoms. The average Bonchev–Trinajstić information content (AvgIpc) is 3.69. The van der Waals surface area contributed by atoms with Crippen molar-refractivity contribution in [3.63, 3.8) is 0 Å². The molecule has 0 spiro atoms. The Hall–Kier alpha value is -2.65. The van der Waals surface area contributed by atoms with Crippen molar-refractivity contribution in [1.29, 1.82) is 0 Å². The van der Waals surface area contributed by atoms with Gasteiger partial charge >= 0.3 is 6.09 Å². The number of nitrogens with zero attached hydrogens (tertiary/aromatic N) is 1. The van der Waals surface area contributed by atoms with Gasteiger partial charge in [0.05, 0.1) is 6.04 Å². The number of Topliss-reactive ketones (excluding diaryl/α,β-unsaturated/α-hetero) is 1. The van der Waals surface area contributed by atoms with Gasteiger partial charge in [0.1, 0.15) is 18.2 Å². The van der Waals surface area contributed by atoms with Crippen LogP contribution in [0.15, 0.2) is 0 Å². The lowest BCUT2D eigenvalue weighted by molar-refractivity contribution is -0.144. The number of ketones is 1. The third-order valence-corrected chi connectivity index (χ3v) is 10.6. The van der Waals surface area contributed by atoms with Crippen molar-refractivity contribution >= 4 is 29.6 Å². The topological polar surface area (TPSA) is 148 Å². The number of fused-ring (bicyclic) bond motifs is 1. The van der Waals surface area contributed by atoms with Crippen molar-refractivity contribution in [2.24, 2.45) is 40.7 Å². The summed E-state index contributed by atoms with van der Waals surface area (Å²) in [7, 11) is 0. The van der Waals surface area contributed by atoms with Crippen LogP contribution in [0.25, 0.3) is 0 Å². The second-order valence-electron chi connectivity index (χ2n) is 13.7. The van der Waals surface area contributed by atoms with Crippen molar-refractivity contribution in [3.8, 4) is 0 Å². The van der Waals surface area contributed by atoms with Crippen LogP contribution in [0, 0.1) is 35.0 Å². The number of primary amides is 1. The first kappa shape index (κ1) is 28.9. The Morgan fingerprint density at radius 3 is 2.25 bits per heavy atom. The highest BCUT2D eigenvalue weighted by molar-refractivity contribution is 6.37. The van der Waals surface area contributed by atoms with E-state index in [1.807, 2.05) is 0 Å². The lowest BCUT2D eigenvalue weighted by Gasteiger charge is -2.37. The molecule has 0 aromatic carbocycles. The molecule has 4 aliphatic carbocycles. The van der Waals surface area contributed by atoms with Crippen LogP contribution >= 0.6 is 0 Å². The fraction of sp³-hybridized carbons (Fsp3) is 0.833. The van der Waals surface area contributed by atoms with E-state index in [4.69, 9.17) is 10.5 Å². The van der Waals surface area contributed by atoms with E-state index in [0.29, 0.717) is 18.9 Å². The molecular weight excluding hydrogens is 512 g/mol. The molecular formula is C30H46N4O6. The summed E-state index contributed by atoms with van der Waals surface area (Å²) in [6.45, 7) is 6.69. The first-order chi connectivity index (χ1) is 19.0. The summed E-state index contributed by atoms with van der Waals surface area (Å²) in [4.78, 5) is 66.9. The summed E-state index contributed by atoms with van der Waals surface area (Å²) in [6, 6.07) is -2.52. The molecule has 5 aliphatic rings. The first-order valence-electron chi connectivity index (χ1n) is 15.4. The van der Waals surface area contributed by atoms with Crippen molar-refractivity contribution in [1.82, 2.24) is 15.5 Å². The molecule has 10 nitrogen and oxygen atoms in total. The van der Waals surface area contributed by atoms with E-state index in [1.54, 1.807) is 4.90 Å². The second kappa shape index (κ2) is 11.3. The number of hydrogen-bond acceptors (Lipinski definition) is 6. The number of alkyl carbamates (subject to hydrolysis) is 1. The molecule has 0 radical (unpaired) electrons. The third-order valence-electron chi connectivity index (χ3n) is 10.6. The third kappa shape index (κ3) is 5.86. The largest absolute Gasteiger partial charge is 0.446 e. The maximum atomic E-state index is 14.2. The molecule has 5 fully saturated rings. The zero-order chi connectivity index (χ0) is 28.8. The summed E-state index contributed by atoms with van der Waals surface area (Å²) in [5.74, 6) is -1.89. The Kier molecular flexibility index (Phi) is 8.17. The maximum Gasteiger partial charge on any atom is 0.408 e. The molecule has 0 aromatic rings. The molecule has 5 rings (SSSR count). The lowest BCUT2D eigenvalue weighted by Crippen LogP contribution is -2.59. The second-order valence-corrected chi connectivity index (χ2v) is 13.7. The number of ether oxygens (including phenoxy) is 1. The van der Waals surface area contributed by atoms with Gasteiger partial charge in [-0.25, -0.2) is 4.79 Å². The Balaban J connectivity index is 1.34. The van der Waals surface area contributed by atoms with Crippen LogP contribution in [0.1, 0.15) is 91.4 Å². The summed E-state index contributed by atoms with van der Waals surface area (Å²) >= 11 is 0. The molecule has 1 unspecified atom stereocenters. The average molecular weight is 559 g/mol. The van der Waals surface area contributed by atoms with Gasteiger partial charge in [-0.15, -0.1) is 0 Å². The minimum Gasteiger partial charge on any atom is -0.446 e. The predicted octanol–water partition coefficient (Wildman–Crippen LogP) is 2.67. The Bertz CT molecular complexity index is 1040. The standard InChI is InChI=1S/C30H46N4O6/c1-16-8-7-11-21(16)40-29(39)33-23(18-9-5-4-6-10-18)28(38)34-15-19-22(30(19,2)3)24(34)27(37)32-20(14-17-12-13-17)25(35)26(31)36/h16-24H,4-15H2,1-3H3,(H2,31,36)(H,32,37)(H,33,39)/t16-,19-,20?,21-,22-,23-,24-/m0/s1. The van der Waals surface area contributed by atoms with E-state index in [2.05, 4.69) is 31.4 Å². The van der Waals surface area contributed by atoms with Crippen LogP contribution in [-0.4, -0.2) is 65.3 Å². The number of likely N-dealkylation sites (tertiary alicyclic amines) is 1. The Labute approximate surface area is 236 Å². The van der Waals surface area contributed by atoms with Crippen molar-refractivity contribution in [3.05, 3.63) is 0 Å². The first-order valence-corrected chi connectivity index (χ1v) is 15.4. The number of piperidine rings is 1. The van der Waals surface area contributed by atoms with Gasteiger partial charge in [-0.2, -0.15) is 0 Å². The number of carbonyl (C=O) groups excluding carboxylic acids is 5. The molecule has 7 atom stereocenters. The highest BCUT2D eigenvalue weighted by Gasteiger charge is 2.69. The SMILES string of the molecule is C[C@H]1CCC[C@@H]1OC(=O)N[C@H](C(=O)N1C[C@H]2[C@@H]([C@H]1C(=O)NC(CC1CC1)C(=O)C(N)=O)C2(C)C)C1CCCCC1. The van der Waals surface area contributed by atoms with Gasteiger partial charge in [0, 0.05) is 6.54 Å². The smallest absolute Gasteiger partial charge is 0.408 e. The summed E-state index contributed by atoms with van der Waals surface area (Å²) < 4.78 is 5.76. The van der Waals surface area contributed by atoms with Crippen LogP contribution in [0.4, 0.5) is 4.79 Å². The van der Waals surface area contributed by atoms with Crippen LogP contribution in [0.5, 0.6) is 0 Å². The number of hydrogen-bond donors (Lipinski definition) is 3. The molecule has 40 heavy (non-hydrogen) atoms. The summed E-state index contributed by atoms with van der Waals surface area (Å²) in [5.41, 5.74) is 5.17. The number of rotatable bonds is 10. The van der Waals surface area contributed by atoms with E-state index in [-0.39, 0.29) is 41.1 Å². The molecule has 4 N–H and O–H groups in total. The zero-order valence-corrected chi connectivity index (χ0v) is 24.2. The molecule has 222 valence electrons. The minimum atomic E-state index is -1.06. The maximum absolute atomic E-state index is 14.2. The van der Waals surface area contributed by atoms with Gasteiger partial charge in [-0.1, -0.05) is 52.9 Å². The predicted molar refractivity (Wildman–Crippen MR) is 147 cm³/mol. The quantitative estimate of drug-likeness (QED) is 0.351. The van der Waals surface area contributed by atoms with Gasteiger partial charge in [0.2, 0.25) is 17.6 Å². The van der Waals surface area contributed by atoms with Crippen LogP contribution in [0.2, 0.25) is 0 Å². The number of nitrogens with two attached hydrogens (primary N) is 1. The molecule has 1 saturated heterocycles.